The van der Waals surface area contributed by atoms with Crippen molar-refractivity contribution in [3.8, 4) is 0 Å². The molecular weight excluding hydrogens is 363 g/mol. The van der Waals surface area contributed by atoms with Gasteiger partial charge in [0.05, 0.1) is 23.7 Å². The van der Waals surface area contributed by atoms with E-state index in [2.05, 4.69) is 20.0 Å². The number of H-pyrrole nitrogens is 1. The summed E-state index contributed by atoms with van der Waals surface area (Å²) in [6, 6.07) is 10.8. The predicted octanol–water partition coefficient (Wildman–Crippen LogP) is 3.81. The fraction of sp³-hybridized carbons (Fsp3) is 0.118. The van der Waals surface area contributed by atoms with Gasteiger partial charge in [-0.2, -0.15) is 28.1 Å². The van der Waals surface area contributed by atoms with Gasteiger partial charge in [0.2, 0.25) is 0 Å². The molecule has 0 amide bonds. The van der Waals surface area contributed by atoms with Gasteiger partial charge < -0.3 is 10.5 Å². The fourth-order valence-corrected chi connectivity index (χ4v) is 2.36. The summed E-state index contributed by atoms with van der Waals surface area (Å²) in [5, 5.41) is 11.4. The van der Waals surface area contributed by atoms with E-state index in [-0.39, 0.29) is 5.82 Å². The Kier molecular flexibility index (Phi) is 4.72. The number of methoxy groups -OCH3 is 1. The number of hydrogen-bond acceptors (Lipinski definition) is 5. The minimum absolute atomic E-state index is 0.0751. The van der Waals surface area contributed by atoms with Gasteiger partial charge in [-0.1, -0.05) is 18.2 Å². The number of hydrogen-bond donors (Lipinski definition) is 2. The lowest BCUT2D eigenvalue weighted by atomic mass is 10.1. The second-order valence-corrected chi connectivity index (χ2v) is 5.47. The maximum Gasteiger partial charge on any atom is 0.434 e. The number of rotatable bonds is 0. The van der Waals surface area contributed by atoms with Crippen molar-refractivity contribution in [2.45, 2.75) is 6.18 Å². The molecule has 0 atom stereocenters. The van der Waals surface area contributed by atoms with Crippen molar-refractivity contribution in [1.29, 1.82) is 0 Å². The Labute approximate surface area is 150 Å². The second kappa shape index (κ2) is 6.98. The third kappa shape index (κ3) is 3.84. The van der Waals surface area contributed by atoms with Crippen LogP contribution in [0, 0.1) is 0 Å². The van der Waals surface area contributed by atoms with Gasteiger partial charge in [0, 0.05) is 17.0 Å². The number of benzene rings is 2. The summed E-state index contributed by atoms with van der Waals surface area (Å²) >= 11 is 0. The second-order valence-electron chi connectivity index (χ2n) is 5.47. The van der Waals surface area contributed by atoms with Crippen molar-refractivity contribution >= 4 is 33.7 Å². The first-order chi connectivity index (χ1) is 12.8. The van der Waals surface area contributed by atoms with Gasteiger partial charge in [-0.25, -0.2) is 4.79 Å². The molecule has 0 aliphatic rings. The predicted molar refractivity (Wildman–Crippen MR) is 93.0 cm³/mol. The number of nitrogens with one attached hydrogen (secondary N) is 1. The molecule has 0 bridgehead atoms. The molecule has 0 aliphatic carbocycles. The topological polar surface area (TPSA) is 98.8 Å². The van der Waals surface area contributed by atoms with Crippen LogP contribution in [0.1, 0.15) is 5.56 Å². The Balaban J connectivity index is 0.000000156. The number of anilines is 1. The van der Waals surface area contributed by atoms with Gasteiger partial charge in [0.1, 0.15) is 0 Å². The number of fused-ring (bicyclic) bond motifs is 2. The Morgan fingerprint density at radius 3 is 2.63 bits per heavy atom. The largest absolute Gasteiger partial charge is 0.451 e. The zero-order valence-corrected chi connectivity index (χ0v) is 14.0. The number of carbonyl (C=O) groups excluding carboxylic acids is 1. The molecule has 0 saturated heterocycles. The molecule has 140 valence electrons. The third-order valence-electron chi connectivity index (χ3n) is 3.69. The summed E-state index contributed by atoms with van der Waals surface area (Å²) < 4.78 is 42.6. The third-order valence-corrected chi connectivity index (χ3v) is 3.69. The van der Waals surface area contributed by atoms with Crippen molar-refractivity contribution in [2.24, 2.45) is 0 Å². The zero-order valence-electron chi connectivity index (χ0n) is 14.0. The van der Waals surface area contributed by atoms with Crippen LogP contribution < -0.4 is 5.73 Å². The molecule has 7 nitrogen and oxygen atoms in total. The van der Waals surface area contributed by atoms with E-state index in [0.717, 1.165) is 23.0 Å². The molecule has 0 radical (unpaired) electrons. The number of alkyl halides is 3. The molecular formula is C17H14F3N5O2. The van der Waals surface area contributed by atoms with Crippen LogP contribution in [-0.4, -0.2) is 33.2 Å². The molecule has 0 unspecified atom stereocenters. The average molecular weight is 377 g/mol. The van der Waals surface area contributed by atoms with Crippen LogP contribution in [0.4, 0.5) is 23.8 Å². The van der Waals surface area contributed by atoms with E-state index in [1.54, 1.807) is 6.20 Å². The minimum Gasteiger partial charge on any atom is -0.451 e. The standard InChI is InChI=1S/C9H8N2O2.C8H6F3N3/c1-13-9(12)11-6-7-4-2-3-5-8(7)10-11;9-8(10,11)4-1-2-6-5(3-4)7(12)14-13-6/h2-6H,1H3;1-3H,(H3,12,13,14). The van der Waals surface area contributed by atoms with Crippen LogP contribution in [0.3, 0.4) is 0 Å². The van der Waals surface area contributed by atoms with Crippen molar-refractivity contribution < 1.29 is 22.7 Å². The van der Waals surface area contributed by atoms with Gasteiger partial charge in [0.25, 0.3) is 0 Å². The SMILES string of the molecule is COC(=O)n1cc2ccccc2n1.Nc1n[nH]c2ccc(C(F)(F)F)cc12. The summed E-state index contributed by atoms with van der Waals surface area (Å²) in [5.74, 6) is 0.0751. The maximum absolute atomic E-state index is 12.3. The van der Waals surface area contributed by atoms with Crippen LogP contribution in [-0.2, 0) is 10.9 Å². The first-order valence-corrected chi connectivity index (χ1v) is 7.63. The summed E-state index contributed by atoms with van der Waals surface area (Å²) in [6.07, 6.45) is -3.19. The summed E-state index contributed by atoms with van der Waals surface area (Å²) in [5.41, 5.74) is 5.94. The quantitative estimate of drug-likeness (QED) is 0.485. The molecule has 0 spiro atoms. The molecule has 2 aromatic heterocycles. The molecule has 3 N–H and O–H groups in total. The minimum atomic E-state index is -4.35. The Morgan fingerprint density at radius 1 is 1.22 bits per heavy atom. The smallest absolute Gasteiger partial charge is 0.434 e. The lowest BCUT2D eigenvalue weighted by Crippen LogP contribution is -2.11. The number of nitrogen functional groups attached to an aromatic ring is 1. The maximum atomic E-state index is 12.3. The van der Waals surface area contributed by atoms with E-state index >= 15 is 0 Å². The first-order valence-electron chi connectivity index (χ1n) is 7.63. The summed E-state index contributed by atoms with van der Waals surface area (Å²) in [4.78, 5) is 11.1. The van der Waals surface area contributed by atoms with Crippen molar-refractivity contribution in [3.63, 3.8) is 0 Å². The molecule has 10 heteroatoms. The van der Waals surface area contributed by atoms with E-state index in [1.807, 2.05) is 24.3 Å². The monoisotopic (exact) mass is 377 g/mol. The summed E-state index contributed by atoms with van der Waals surface area (Å²) in [6.45, 7) is 0. The van der Waals surface area contributed by atoms with Gasteiger partial charge in [-0.3, -0.25) is 5.10 Å². The number of ether oxygens (including phenoxy) is 1. The molecule has 4 aromatic rings. The van der Waals surface area contributed by atoms with Gasteiger partial charge in [0.15, 0.2) is 5.82 Å². The lowest BCUT2D eigenvalue weighted by molar-refractivity contribution is -0.137. The van der Waals surface area contributed by atoms with E-state index in [0.29, 0.717) is 10.9 Å². The highest BCUT2D eigenvalue weighted by Gasteiger charge is 2.30. The lowest BCUT2D eigenvalue weighted by Gasteiger charge is -2.05. The van der Waals surface area contributed by atoms with E-state index in [1.165, 1.54) is 17.9 Å². The van der Waals surface area contributed by atoms with Crippen molar-refractivity contribution in [1.82, 2.24) is 20.0 Å². The molecule has 0 fully saturated rings. The molecule has 0 aliphatic heterocycles. The number of nitrogens with two attached hydrogens (primary N) is 1. The highest BCUT2D eigenvalue weighted by Crippen LogP contribution is 2.32. The van der Waals surface area contributed by atoms with Crippen LogP contribution in [0.2, 0.25) is 0 Å². The highest BCUT2D eigenvalue weighted by atomic mass is 19.4. The first kappa shape index (κ1) is 18.2. The van der Waals surface area contributed by atoms with Crippen molar-refractivity contribution in [3.05, 3.63) is 54.2 Å². The zero-order chi connectivity index (χ0) is 19.6. The Morgan fingerprint density at radius 2 is 1.96 bits per heavy atom. The van der Waals surface area contributed by atoms with E-state index in [4.69, 9.17) is 5.73 Å². The Bertz CT molecular complexity index is 1070. The normalized spacial score (nSPS) is 11.3. The highest BCUT2D eigenvalue weighted by molar-refractivity contribution is 5.89. The van der Waals surface area contributed by atoms with Gasteiger partial charge in [-0.15, -0.1) is 0 Å². The number of halogens is 3. The summed E-state index contributed by atoms with van der Waals surface area (Å²) in [7, 11) is 1.33. The molecule has 4 rings (SSSR count). The number of nitrogens with zero attached hydrogens (tertiary/aromatic N) is 3. The van der Waals surface area contributed by atoms with Gasteiger partial charge >= 0.3 is 12.3 Å². The van der Waals surface area contributed by atoms with Crippen LogP contribution in [0.25, 0.3) is 21.8 Å². The van der Waals surface area contributed by atoms with E-state index < -0.39 is 17.8 Å². The number of carbonyl (C=O) groups is 1. The fourth-order valence-electron chi connectivity index (χ4n) is 2.36. The number of aromatic amines is 1. The van der Waals surface area contributed by atoms with E-state index in [9.17, 15) is 18.0 Å². The molecule has 27 heavy (non-hydrogen) atoms. The molecule has 2 heterocycles. The molecule has 2 aromatic carbocycles. The van der Waals surface area contributed by atoms with Crippen LogP contribution >= 0.6 is 0 Å². The Hall–Kier alpha value is -3.56. The van der Waals surface area contributed by atoms with Crippen molar-refractivity contribution in [2.75, 3.05) is 12.8 Å². The molecule has 0 saturated carbocycles. The number of aromatic nitrogens is 4. The van der Waals surface area contributed by atoms with Crippen LogP contribution in [0.15, 0.2) is 48.7 Å². The van der Waals surface area contributed by atoms with Gasteiger partial charge in [-0.05, 0) is 24.3 Å². The average Bonchev–Trinajstić information content (AvgIpc) is 3.24. The van der Waals surface area contributed by atoms with Crippen LogP contribution in [0.5, 0.6) is 0 Å².